The lowest BCUT2D eigenvalue weighted by Crippen LogP contribution is -2.23. The molecule has 112 valence electrons. The number of carbonyl (C=O) groups excluding carboxylic acids is 1. The number of rotatable bonds is 4. The molecule has 0 unspecified atom stereocenters. The van der Waals surface area contributed by atoms with Gasteiger partial charge in [0.15, 0.2) is 5.16 Å². The molecule has 1 amide bonds. The van der Waals surface area contributed by atoms with Crippen LogP contribution in [0, 0.1) is 0 Å². The number of nitrogens with one attached hydrogen (secondary N) is 2. The minimum Gasteiger partial charge on any atom is -0.333 e. The maximum atomic E-state index is 12.2. The predicted molar refractivity (Wildman–Crippen MR) is 89.3 cm³/mol. The smallest absolute Gasteiger partial charge is 0.238 e. The molecule has 0 spiro atoms. The Balaban J connectivity index is 1.66. The molecule has 5 nitrogen and oxygen atoms in total. The lowest BCUT2D eigenvalue weighted by molar-refractivity contribution is -0.115. The second kappa shape index (κ2) is 6.37. The van der Waals surface area contributed by atoms with Crippen molar-refractivity contribution >= 4 is 46.1 Å². The van der Waals surface area contributed by atoms with Crippen LogP contribution >= 0.6 is 23.4 Å². The zero-order valence-corrected chi connectivity index (χ0v) is 13.3. The van der Waals surface area contributed by atoms with Gasteiger partial charge in [-0.25, -0.2) is 9.97 Å². The number of thioether (sulfide) groups is 1. The van der Waals surface area contributed by atoms with Crippen LogP contribution in [0.2, 0.25) is 5.02 Å². The van der Waals surface area contributed by atoms with Gasteiger partial charge in [0.1, 0.15) is 5.82 Å². The third-order valence-electron chi connectivity index (χ3n) is 3.00. The van der Waals surface area contributed by atoms with E-state index in [4.69, 9.17) is 11.6 Å². The summed E-state index contributed by atoms with van der Waals surface area (Å²) in [4.78, 5) is 23.9. The molecule has 22 heavy (non-hydrogen) atoms. The van der Waals surface area contributed by atoms with Crippen molar-refractivity contribution in [2.45, 2.75) is 17.3 Å². The molecule has 0 bridgehead atoms. The van der Waals surface area contributed by atoms with Gasteiger partial charge in [0.2, 0.25) is 5.91 Å². The number of carbonyl (C=O) groups is 1. The summed E-state index contributed by atoms with van der Waals surface area (Å²) in [5, 5.41) is 3.69. The molecule has 3 rings (SSSR count). The molecular formula is C15H13ClN4OS. The highest BCUT2D eigenvalue weighted by molar-refractivity contribution is 8.00. The number of hydrogen-bond donors (Lipinski definition) is 2. The molecule has 2 heterocycles. The number of benzene rings is 1. The number of hydrogen-bond acceptors (Lipinski definition) is 4. The standard InChI is InChI=1S/C15H13ClN4OS/c1-9(14(21)20-13-7-6-10(16)8-17-13)22-15-18-11-4-2-3-5-12(11)19-15/h2-9H,1H3,(H,18,19)(H,17,20,21)/t9-/m0/s1. The highest BCUT2D eigenvalue weighted by atomic mass is 35.5. The number of fused-ring (bicyclic) bond motifs is 1. The molecule has 7 heteroatoms. The number of halogens is 1. The van der Waals surface area contributed by atoms with Crippen molar-refractivity contribution in [2.24, 2.45) is 0 Å². The van der Waals surface area contributed by atoms with E-state index in [1.54, 1.807) is 12.1 Å². The molecule has 1 aromatic carbocycles. The Labute approximate surface area is 136 Å². The van der Waals surface area contributed by atoms with Gasteiger partial charge in [0, 0.05) is 6.20 Å². The Morgan fingerprint density at radius 2 is 2.14 bits per heavy atom. The van der Waals surface area contributed by atoms with Gasteiger partial charge in [-0.15, -0.1) is 0 Å². The minimum absolute atomic E-state index is 0.139. The molecule has 2 N–H and O–H groups in total. The summed E-state index contributed by atoms with van der Waals surface area (Å²) in [5.41, 5.74) is 1.84. The molecule has 1 atom stereocenters. The van der Waals surface area contributed by atoms with Crippen molar-refractivity contribution in [3.8, 4) is 0 Å². The van der Waals surface area contributed by atoms with Crippen LogP contribution in [-0.4, -0.2) is 26.1 Å². The lowest BCUT2D eigenvalue weighted by atomic mass is 10.3. The normalized spacial score (nSPS) is 12.3. The zero-order valence-electron chi connectivity index (χ0n) is 11.7. The van der Waals surface area contributed by atoms with Gasteiger partial charge in [-0.1, -0.05) is 35.5 Å². The summed E-state index contributed by atoms with van der Waals surface area (Å²) >= 11 is 7.13. The Hall–Kier alpha value is -2.05. The van der Waals surface area contributed by atoms with Gasteiger partial charge in [0.05, 0.1) is 21.3 Å². The number of pyridine rings is 1. The number of H-pyrrole nitrogens is 1. The van der Waals surface area contributed by atoms with Gasteiger partial charge in [-0.3, -0.25) is 4.79 Å². The summed E-state index contributed by atoms with van der Waals surface area (Å²) in [6.45, 7) is 1.82. The fourth-order valence-electron chi connectivity index (χ4n) is 1.88. The van der Waals surface area contributed by atoms with Crippen molar-refractivity contribution in [3.05, 3.63) is 47.6 Å². The second-order valence-corrected chi connectivity index (χ2v) is 6.44. The maximum absolute atomic E-state index is 12.2. The number of aromatic amines is 1. The van der Waals surface area contributed by atoms with Gasteiger partial charge < -0.3 is 10.3 Å². The molecule has 3 aromatic rings. The quantitative estimate of drug-likeness (QED) is 0.714. The number of anilines is 1. The molecule has 0 aliphatic carbocycles. The Kier molecular flexibility index (Phi) is 4.31. The van der Waals surface area contributed by atoms with Crippen molar-refractivity contribution in [1.29, 1.82) is 0 Å². The zero-order chi connectivity index (χ0) is 15.5. The summed E-state index contributed by atoms with van der Waals surface area (Å²) in [5.74, 6) is 0.340. The molecule has 0 saturated heterocycles. The second-order valence-electron chi connectivity index (χ2n) is 4.67. The molecule has 0 aliphatic rings. The van der Waals surface area contributed by atoms with Crippen LogP contribution in [0.4, 0.5) is 5.82 Å². The SMILES string of the molecule is C[C@H](Sc1nc2ccccc2[nH]1)C(=O)Nc1ccc(Cl)cn1. The van der Waals surface area contributed by atoms with Crippen LogP contribution < -0.4 is 5.32 Å². The Morgan fingerprint density at radius 3 is 2.86 bits per heavy atom. The first kappa shape index (κ1) is 14.9. The summed E-state index contributed by atoms with van der Waals surface area (Å²) in [7, 11) is 0. The number of imidazole rings is 1. The topological polar surface area (TPSA) is 70.7 Å². The minimum atomic E-state index is -0.307. The van der Waals surface area contributed by atoms with Crippen LogP contribution in [-0.2, 0) is 4.79 Å². The maximum Gasteiger partial charge on any atom is 0.238 e. The van der Waals surface area contributed by atoms with Crippen molar-refractivity contribution in [2.75, 3.05) is 5.32 Å². The van der Waals surface area contributed by atoms with Crippen molar-refractivity contribution in [3.63, 3.8) is 0 Å². The van der Waals surface area contributed by atoms with E-state index >= 15 is 0 Å². The number of amides is 1. The van der Waals surface area contributed by atoms with Crippen LogP contribution in [0.25, 0.3) is 11.0 Å². The number of nitrogens with zero attached hydrogens (tertiary/aromatic N) is 2. The van der Waals surface area contributed by atoms with E-state index in [9.17, 15) is 4.79 Å². The van der Waals surface area contributed by atoms with Crippen molar-refractivity contribution < 1.29 is 4.79 Å². The lowest BCUT2D eigenvalue weighted by Gasteiger charge is -2.09. The monoisotopic (exact) mass is 332 g/mol. The average Bonchev–Trinajstić information content (AvgIpc) is 2.91. The summed E-state index contributed by atoms with van der Waals surface area (Å²) < 4.78 is 0. The number of para-hydroxylation sites is 2. The van der Waals surface area contributed by atoms with Crippen LogP contribution in [0.1, 0.15) is 6.92 Å². The highest BCUT2D eigenvalue weighted by Crippen LogP contribution is 2.24. The van der Waals surface area contributed by atoms with Gasteiger partial charge in [0.25, 0.3) is 0 Å². The molecular weight excluding hydrogens is 320 g/mol. The van der Waals surface area contributed by atoms with E-state index in [1.165, 1.54) is 18.0 Å². The first-order chi connectivity index (χ1) is 10.6. The van der Waals surface area contributed by atoms with Crippen LogP contribution in [0.5, 0.6) is 0 Å². The van der Waals surface area contributed by atoms with E-state index < -0.39 is 0 Å². The summed E-state index contributed by atoms with van der Waals surface area (Å²) in [6.07, 6.45) is 1.49. The van der Waals surface area contributed by atoms with E-state index in [-0.39, 0.29) is 11.2 Å². The van der Waals surface area contributed by atoms with Crippen molar-refractivity contribution in [1.82, 2.24) is 15.0 Å². The predicted octanol–water partition coefficient (Wildman–Crippen LogP) is 3.73. The van der Waals surface area contributed by atoms with Gasteiger partial charge in [-0.05, 0) is 31.2 Å². The molecule has 0 radical (unpaired) electrons. The van der Waals surface area contributed by atoms with Crippen LogP contribution in [0.15, 0.2) is 47.8 Å². The van der Waals surface area contributed by atoms with E-state index in [0.717, 1.165) is 11.0 Å². The molecule has 2 aromatic heterocycles. The van der Waals surface area contributed by atoms with E-state index in [1.807, 2.05) is 31.2 Å². The molecule has 0 fully saturated rings. The average molecular weight is 333 g/mol. The fraction of sp³-hybridized carbons (Fsp3) is 0.133. The van der Waals surface area contributed by atoms with E-state index in [0.29, 0.717) is 16.0 Å². The van der Waals surface area contributed by atoms with Gasteiger partial charge in [-0.2, -0.15) is 0 Å². The van der Waals surface area contributed by atoms with Gasteiger partial charge >= 0.3 is 0 Å². The number of aromatic nitrogens is 3. The Bertz CT molecular complexity index is 770. The largest absolute Gasteiger partial charge is 0.333 e. The Morgan fingerprint density at radius 1 is 1.32 bits per heavy atom. The first-order valence-electron chi connectivity index (χ1n) is 6.65. The van der Waals surface area contributed by atoms with Crippen LogP contribution in [0.3, 0.4) is 0 Å². The van der Waals surface area contributed by atoms with E-state index in [2.05, 4.69) is 20.3 Å². The third kappa shape index (κ3) is 3.40. The molecule has 0 saturated carbocycles. The summed E-state index contributed by atoms with van der Waals surface area (Å²) in [6, 6.07) is 11.1. The molecule has 0 aliphatic heterocycles. The fourth-order valence-corrected chi connectivity index (χ4v) is 2.82. The highest BCUT2D eigenvalue weighted by Gasteiger charge is 2.17. The first-order valence-corrected chi connectivity index (χ1v) is 7.91. The third-order valence-corrected chi connectivity index (χ3v) is 4.21.